The average molecular weight is 332 g/mol. The molecule has 8 nitrogen and oxygen atoms in total. The summed E-state index contributed by atoms with van der Waals surface area (Å²) in [5, 5.41) is 17.0. The first kappa shape index (κ1) is 17.6. The Morgan fingerprint density at radius 2 is 2.04 bits per heavy atom. The first-order valence-electron chi connectivity index (χ1n) is 7.90. The van der Waals surface area contributed by atoms with Crippen LogP contribution < -0.4 is 10.7 Å². The first-order valence-corrected chi connectivity index (χ1v) is 7.90. The molecule has 1 aliphatic rings. The molecule has 1 saturated carbocycles. The molecule has 0 radical (unpaired) electrons. The van der Waals surface area contributed by atoms with Gasteiger partial charge in [0.05, 0.1) is 17.7 Å². The number of benzene rings is 1. The van der Waals surface area contributed by atoms with Crippen LogP contribution in [0.4, 0.5) is 5.69 Å². The van der Waals surface area contributed by atoms with Gasteiger partial charge in [-0.1, -0.05) is 31.4 Å². The van der Waals surface area contributed by atoms with Crippen LogP contribution in [0.2, 0.25) is 0 Å². The lowest BCUT2D eigenvalue weighted by Crippen LogP contribution is -2.38. The molecule has 1 aromatic carbocycles. The zero-order valence-electron chi connectivity index (χ0n) is 13.2. The van der Waals surface area contributed by atoms with Crippen LogP contribution in [0, 0.1) is 16.0 Å². The number of amides is 2. The third-order valence-corrected chi connectivity index (χ3v) is 3.88. The maximum Gasteiger partial charge on any atom is 0.270 e. The van der Waals surface area contributed by atoms with Crippen molar-refractivity contribution in [1.29, 1.82) is 0 Å². The highest BCUT2D eigenvalue weighted by Crippen LogP contribution is 2.23. The number of hydrazone groups is 1. The lowest BCUT2D eigenvalue weighted by atomic mass is 9.89. The second-order valence-electron chi connectivity index (χ2n) is 5.70. The van der Waals surface area contributed by atoms with Crippen molar-refractivity contribution < 1.29 is 14.5 Å². The van der Waals surface area contributed by atoms with Crippen LogP contribution in [0.3, 0.4) is 0 Å². The first-order chi connectivity index (χ1) is 11.6. The minimum Gasteiger partial charge on any atom is -0.347 e. The number of hydrogen-bond acceptors (Lipinski definition) is 5. The van der Waals surface area contributed by atoms with Gasteiger partial charge in [-0.15, -0.1) is 0 Å². The SMILES string of the molecule is O=C(CNC(=O)C1CCCCC1)NN=Cc1cccc([N+](=O)[O-])c1. The lowest BCUT2D eigenvalue weighted by molar-refractivity contribution is -0.384. The van der Waals surface area contributed by atoms with Gasteiger partial charge in [0.2, 0.25) is 5.91 Å². The molecule has 0 aromatic heterocycles. The van der Waals surface area contributed by atoms with Crippen molar-refractivity contribution in [1.82, 2.24) is 10.7 Å². The Bertz CT molecular complexity index is 639. The molecule has 128 valence electrons. The highest BCUT2D eigenvalue weighted by atomic mass is 16.6. The number of carbonyl (C=O) groups excluding carboxylic acids is 2. The van der Waals surface area contributed by atoms with E-state index in [-0.39, 0.29) is 24.1 Å². The Labute approximate surface area is 139 Å². The van der Waals surface area contributed by atoms with Gasteiger partial charge in [-0.05, 0) is 12.8 Å². The van der Waals surface area contributed by atoms with E-state index in [2.05, 4.69) is 15.8 Å². The second kappa shape index (κ2) is 8.76. The summed E-state index contributed by atoms with van der Waals surface area (Å²) in [5.41, 5.74) is 2.73. The van der Waals surface area contributed by atoms with Crippen molar-refractivity contribution in [2.75, 3.05) is 6.54 Å². The number of hydrogen-bond donors (Lipinski definition) is 2. The molecular weight excluding hydrogens is 312 g/mol. The molecular formula is C16H20N4O4. The molecule has 2 amide bonds. The molecule has 1 aromatic rings. The molecule has 0 saturated heterocycles. The predicted octanol–water partition coefficient (Wildman–Crippen LogP) is 1.74. The van der Waals surface area contributed by atoms with E-state index in [1.165, 1.54) is 24.4 Å². The number of carbonyl (C=O) groups is 2. The second-order valence-corrected chi connectivity index (χ2v) is 5.70. The monoisotopic (exact) mass is 332 g/mol. The summed E-state index contributed by atoms with van der Waals surface area (Å²) < 4.78 is 0. The molecule has 0 aliphatic heterocycles. The predicted molar refractivity (Wildman–Crippen MR) is 88.4 cm³/mol. The van der Waals surface area contributed by atoms with Gasteiger partial charge in [0.25, 0.3) is 11.6 Å². The van der Waals surface area contributed by atoms with Gasteiger partial charge in [0, 0.05) is 23.6 Å². The zero-order valence-corrected chi connectivity index (χ0v) is 13.2. The van der Waals surface area contributed by atoms with Crippen molar-refractivity contribution in [2.24, 2.45) is 11.0 Å². The summed E-state index contributed by atoms with van der Waals surface area (Å²) >= 11 is 0. The van der Waals surface area contributed by atoms with Crippen LogP contribution in [-0.2, 0) is 9.59 Å². The number of nitro benzene ring substituents is 1. The zero-order chi connectivity index (χ0) is 17.4. The fourth-order valence-corrected chi connectivity index (χ4v) is 2.61. The highest BCUT2D eigenvalue weighted by molar-refractivity contribution is 5.87. The van der Waals surface area contributed by atoms with E-state index in [4.69, 9.17) is 0 Å². The van der Waals surface area contributed by atoms with Crippen LogP contribution in [0.5, 0.6) is 0 Å². The van der Waals surface area contributed by atoms with E-state index in [1.807, 2.05) is 0 Å². The normalized spacial score (nSPS) is 15.2. The molecule has 0 heterocycles. The summed E-state index contributed by atoms with van der Waals surface area (Å²) in [7, 11) is 0. The molecule has 0 unspecified atom stereocenters. The fourth-order valence-electron chi connectivity index (χ4n) is 2.61. The van der Waals surface area contributed by atoms with Gasteiger partial charge in [-0.3, -0.25) is 19.7 Å². The van der Waals surface area contributed by atoms with Crippen LogP contribution >= 0.6 is 0 Å². The Morgan fingerprint density at radius 3 is 2.75 bits per heavy atom. The lowest BCUT2D eigenvalue weighted by Gasteiger charge is -2.20. The standard InChI is InChI=1S/C16H20N4O4/c21-15(11-17-16(22)13-6-2-1-3-7-13)19-18-10-12-5-4-8-14(9-12)20(23)24/h4-5,8-10,13H,1-3,6-7,11H2,(H,17,22)(H,19,21). The summed E-state index contributed by atoms with van der Waals surface area (Å²) in [6, 6.07) is 5.89. The van der Waals surface area contributed by atoms with E-state index < -0.39 is 10.8 Å². The third kappa shape index (κ3) is 5.45. The van der Waals surface area contributed by atoms with Crippen molar-refractivity contribution in [3.05, 3.63) is 39.9 Å². The topological polar surface area (TPSA) is 114 Å². The van der Waals surface area contributed by atoms with Gasteiger partial charge in [-0.2, -0.15) is 5.10 Å². The molecule has 2 N–H and O–H groups in total. The Hall–Kier alpha value is -2.77. The Balaban J connectivity index is 1.75. The van der Waals surface area contributed by atoms with Crippen LogP contribution in [0.25, 0.3) is 0 Å². The third-order valence-electron chi connectivity index (χ3n) is 3.88. The molecule has 1 aliphatic carbocycles. The fraction of sp³-hybridized carbons (Fsp3) is 0.438. The Morgan fingerprint density at radius 1 is 1.29 bits per heavy atom. The van der Waals surface area contributed by atoms with Gasteiger partial charge >= 0.3 is 0 Å². The van der Waals surface area contributed by atoms with Gasteiger partial charge in [0.1, 0.15) is 0 Å². The molecule has 0 atom stereocenters. The summed E-state index contributed by atoms with van der Waals surface area (Å²) in [4.78, 5) is 33.7. The Kier molecular flexibility index (Phi) is 6.41. The van der Waals surface area contributed by atoms with Gasteiger partial charge in [-0.25, -0.2) is 5.43 Å². The quantitative estimate of drug-likeness (QED) is 0.469. The van der Waals surface area contributed by atoms with E-state index in [0.29, 0.717) is 5.56 Å². The summed E-state index contributed by atoms with van der Waals surface area (Å²) in [6.45, 7) is -0.137. The minimum atomic E-state index is -0.503. The van der Waals surface area contributed by atoms with E-state index in [9.17, 15) is 19.7 Å². The molecule has 2 rings (SSSR count). The molecule has 1 fully saturated rings. The summed E-state index contributed by atoms with van der Waals surface area (Å²) in [5.74, 6) is -0.534. The van der Waals surface area contributed by atoms with Gasteiger partial charge < -0.3 is 5.32 Å². The molecule has 0 spiro atoms. The van der Waals surface area contributed by atoms with Crippen LogP contribution in [0.15, 0.2) is 29.4 Å². The van der Waals surface area contributed by atoms with E-state index in [0.717, 1.165) is 32.1 Å². The maximum atomic E-state index is 11.9. The van der Waals surface area contributed by atoms with E-state index >= 15 is 0 Å². The van der Waals surface area contributed by atoms with E-state index in [1.54, 1.807) is 6.07 Å². The smallest absolute Gasteiger partial charge is 0.270 e. The largest absolute Gasteiger partial charge is 0.347 e. The highest BCUT2D eigenvalue weighted by Gasteiger charge is 2.21. The van der Waals surface area contributed by atoms with Crippen molar-refractivity contribution in [2.45, 2.75) is 32.1 Å². The van der Waals surface area contributed by atoms with Crippen molar-refractivity contribution in [3.63, 3.8) is 0 Å². The maximum absolute atomic E-state index is 11.9. The number of nitrogens with one attached hydrogen (secondary N) is 2. The molecule has 8 heteroatoms. The van der Waals surface area contributed by atoms with Crippen LogP contribution in [0.1, 0.15) is 37.7 Å². The number of rotatable bonds is 6. The molecule has 0 bridgehead atoms. The number of nitro groups is 1. The number of nitrogens with zero attached hydrogens (tertiary/aromatic N) is 2. The average Bonchev–Trinajstić information content (AvgIpc) is 2.60. The number of non-ortho nitro benzene ring substituents is 1. The summed E-state index contributed by atoms with van der Waals surface area (Å²) in [6.07, 6.45) is 6.33. The van der Waals surface area contributed by atoms with Crippen molar-refractivity contribution in [3.8, 4) is 0 Å². The van der Waals surface area contributed by atoms with Gasteiger partial charge in [0.15, 0.2) is 0 Å². The van der Waals surface area contributed by atoms with Crippen LogP contribution in [-0.4, -0.2) is 29.5 Å². The van der Waals surface area contributed by atoms with Crippen molar-refractivity contribution >= 4 is 23.7 Å². The molecule has 24 heavy (non-hydrogen) atoms. The minimum absolute atomic E-state index is 0.0000748.